The van der Waals surface area contributed by atoms with Gasteiger partial charge in [-0.25, -0.2) is 0 Å². The topological polar surface area (TPSA) is 52.7 Å². The number of hydrogen-bond acceptors (Lipinski definition) is 3. The number of alkyl halides is 3. The summed E-state index contributed by atoms with van der Waals surface area (Å²) in [5, 5.41) is 3.25. The van der Waals surface area contributed by atoms with Crippen LogP contribution in [0.15, 0.2) is 0 Å². The first-order valence-electron chi connectivity index (χ1n) is 8.08. The zero-order chi connectivity index (χ0) is 17.2. The molecule has 2 aliphatic heterocycles. The van der Waals surface area contributed by atoms with Gasteiger partial charge in [-0.3, -0.25) is 9.59 Å². The van der Waals surface area contributed by atoms with Crippen LogP contribution in [-0.4, -0.2) is 66.1 Å². The van der Waals surface area contributed by atoms with Crippen LogP contribution in [0.3, 0.4) is 0 Å². The maximum Gasteiger partial charge on any atom is 0.406 e. The highest BCUT2D eigenvalue weighted by molar-refractivity contribution is 5.84. The lowest BCUT2D eigenvalue weighted by Crippen LogP contribution is -2.54. The molecule has 2 fully saturated rings. The van der Waals surface area contributed by atoms with E-state index >= 15 is 0 Å². The van der Waals surface area contributed by atoms with E-state index in [-0.39, 0.29) is 24.4 Å². The molecule has 0 radical (unpaired) electrons. The van der Waals surface area contributed by atoms with Crippen molar-refractivity contribution in [3.05, 3.63) is 0 Å². The number of carbonyl (C=O) groups excluding carboxylic acids is 2. The number of nitrogens with one attached hydrogen (secondary N) is 1. The Kier molecular flexibility index (Phi) is 5.54. The van der Waals surface area contributed by atoms with Gasteiger partial charge in [-0.05, 0) is 18.8 Å². The van der Waals surface area contributed by atoms with Crippen molar-refractivity contribution < 1.29 is 22.8 Å². The van der Waals surface area contributed by atoms with Gasteiger partial charge in [0, 0.05) is 32.6 Å². The Morgan fingerprint density at radius 3 is 2.57 bits per heavy atom. The molecule has 5 nitrogen and oxygen atoms in total. The number of piperidine rings is 1. The largest absolute Gasteiger partial charge is 0.406 e. The molecule has 0 aromatic carbocycles. The van der Waals surface area contributed by atoms with E-state index in [1.807, 2.05) is 6.92 Å². The van der Waals surface area contributed by atoms with Crippen molar-refractivity contribution in [3.63, 3.8) is 0 Å². The van der Waals surface area contributed by atoms with Crippen LogP contribution in [0.5, 0.6) is 0 Å². The number of likely N-dealkylation sites (tertiary alicyclic amines) is 2. The number of carbonyl (C=O) groups is 2. The van der Waals surface area contributed by atoms with Crippen molar-refractivity contribution in [2.75, 3.05) is 26.2 Å². The van der Waals surface area contributed by atoms with Crippen LogP contribution < -0.4 is 5.32 Å². The molecule has 8 heteroatoms. The summed E-state index contributed by atoms with van der Waals surface area (Å²) in [5.41, 5.74) is 0. The highest BCUT2D eigenvalue weighted by Crippen LogP contribution is 2.24. The molecule has 23 heavy (non-hydrogen) atoms. The Labute approximate surface area is 134 Å². The van der Waals surface area contributed by atoms with Crippen LogP contribution >= 0.6 is 0 Å². The van der Waals surface area contributed by atoms with E-state index in [1.165, 1.54) is 6.92 Å². The maximum atomic E-state index is 12.5. The molecule has 2 rings (SSSR count). The fraction of sp³-hybridized carbons (Fsp3) is 0.867. The van der Waals surface area contributed by atoms with Crippen LogP contribution in [0.4, 0.5) is 13.2 Å². The average molecular weight is 335 g/mol. The van der Waals surface area contributed by atoms with E-state index in [4.69, 9.17) is 0 Å². The van der Waals surface area contributed by atoms with Gasteiger partial charge in [0.05, 0.1) is 6.04 Å². The molecule has 2 heterocycles. The number of hydrogen-bond donors (Lipinski definition) is 1. The predicted molar refractivity (Wildman–Crippen MR) is 78.6 cm³/mol. The number of rotatable bonds is 4. The van der Waals surface area contributed by atoms with E-state index in [0.29, 0.717) is 19.5 Å². The third kappa shape index (κ3) is 4.59. The molecule has 0 aromatic rings. The first-order chi connectivity index (χ1) is 10.7. The van der Waals surface area contributed by atoms with Crippen molar-refractivity contribution in [2.24, 2.45) is 5.92 Å². The van der Waals surface area contributed by atoms with E-state index in [2.05, 4.69) is 5.32 Å². The molecular formula is C15H24F3N3O2. The highest BCUT2D eigenvalue weighted by atomic mass is 19.4. The Hall–Kier alpha value is -1.31. The Morgan fingerprint density at radius 1 is 1.30 bits per heavy atom. The third-order valence-electron chi connectivity index (χ3n) is 4.79. The minimum absolute atomic E-state index is 0.0372. The molecule has 0 unspecified atom stereocenters. The number of nitrogens with zero attached hydrogens (tertiary/aromatic N) is 2. The molecular weight excluding hydrogens is 311 g/mol. The minimum atomic E-state index is -4.36. The molecule has 2 aliphatic rings. The average Bonchev–Trinajstić information content (AvgIpc) is 2.78. The highest BCUT2D eigenvalue weighted by Gasteiger charge is 2.41. The first-order valence-corrected chi connectivity index (χ1v) is 8.08. The van der Waals surface area contributed by atoms with Gasteiger partial charge >= 0.3 is 6.18 Å². The number of halogens is 3. The smallest absolute Gasteiger partial charge is 0.343 e. The first kappa shape index (κ1) is 18.0. The Morgan fingerprint density at radius 2 is 2.00 bits per heavy atom. The van der Waals surface area contributed by atoms with E-state index in [1.54, 1.807) is 4.90 Å². The van der Waals surface area contributed by atoms with Gasteiger partial charge in [-0.1, -0.05) is 13.3 Å². The monoisotopic (exact) mass is 335 g/mol. The normalized spacial score (nSPS) is 29.3. The summed E-state index contributed by atoms with van der Waals surface area (Å²) in [6.45, 7) is 3.78. The molecule has 3 atom stereocenters. The van der Waals surface area contributed by atoms with Crippen molar-refractivity contribution in [3.8, 4) is 0 Å². The molecule has 0 aromatic heterocycles. The fourth-order valence-corrected chi connectivity index (χ4v) is 3.48. The second-order valence-corrected chi connectivity index (χ2v) is 6.41. The zero-order valence-corrected chi connectivity index (χ0v) is 13.5. The molecule has 2 saturated heterocycles. The molecule has 1 N–H and O–H groups in total. The summed E-state index contributed by atoms with van der Waals surface area (Å²) < 4.78 is 37.4. The summed E-state index contributed by atoms with van der Waals surface area (Å²) >= 11 is 0. The lowest BCUT2D eigenvalue weighted by Gasteiger charge is -2.39. The van der Waals surface area contributed by atoms with Gasteiger partial charge in [0.2, 0.25) is 11.8 Å². The van der Waals surface area contributed by atoms with Gasteiger partial charge in [0.25, 0.3) is 0 Å². The summed E-state index contributed by atoms with van der Waals surface area (Å²) in [7, 11) is 0. The predicted octanol–water partition coefficient (Wildman–Crippen LogP) is 1.39. The quantitative estimate of drug-likeness (QED) is 0.845. The summed E-state index contributed by atoms with van der Waals surface area (Å²) in [6, 6.07) is -0.476. The molecule has 2 amide bonds. The third-order valence-corrected chi connectivity index (χ3v) is 4.79. The van der Waals surface area contributed by atoms with Crippen LogP contribution in [0.1, 0.15) is 33.1 Å². The van der Waals surface area contributed by atoms with Crippen LogP contribution in [-0.2, 0) is 9.59 Å². The van der Waals surface area contributed by atoms with E-state index in [0.717, 1.165) is 17.7 Å². The SMILES string of the molecule is CC[C@@H]1CN(C(C)=O)CC[C@@H]1N[C@@H]1CCN(CC(F)(F)F)C1=O. The lowest BCUT2D eigenvalue weighted by atomic mass is 9.89. The van der Waals surface area contributed by atoms with Crippen molar-refractivity contribution in [2.45, 2.75) is 51.4 Å². The Bertz CT molecular complexity index is 456. The summed E-state index contributed by atoms with van der Waals surface area (Å²) in [4.78, 5) is 26.3. The number of amides is 2. The van der Waals surface area contributed by atoms with E-state index in [9.17, 15) is 22.8 Å². The van der Waals surface area contributed by atoms with Gasteiger partial charge in [-0.2, -0.15) is 13.2 Å². The van der Waals surface area contributed by atoms with Crippen LogP contribution in [0.25, 0.3) is 0 Å². The van der Waals surface area contributed by atoms with Crippen LogP contribution in [0, 0.1) is 5.92 Å². The van der Waals surface area contributed by atoms with Gasteiger partial charge < -0.3 is 15.1 Å². The van der Waals surface area contributed by atoms with Gasteiger partial charge in [-0.15, -0.1) is 0 Å². The summed E-state index contributed by atoms with van der Waals surface area (Å²) in [6.07, 6.45) is -2.38. The van der Waals surface area contributed by atoms with E-state index < -0.39 is 24.7 Å². The molecule has 0 saturated carbocycles. The van der Waals surface area contributed by atoms with Gasteiger partial charge in [0.15, 0.2) is 0 Å². The minimum Gasteiger partial charge on any atom is -0.343 e. The van der Waals surface area contributed by atoms with Crippen LogP contribution in [0.2, 0.25) is 0 Å². The molecule has 132 valence electrons. The fourth-order valence-electron chi connectivity index (χ4n) is 3.48. The second-order valence-electron chi connectivity index (χ2n) is 6.41. The van der Waals surface area contributed by atoms with Crippen molar-refractivity contribution in [1.82, 2.24) is 15.1 Å². The maximum absolute atomic E-state index is 12.5. The zero-order valence-electron chi connectivity index (χ0n) is 13.5. The second kappa shape index (κ2) is 7.07. The Balaban J connectivity index is 1.92. The van der Waals surface area contributed by atoms with Gasteiger partial charge in [0.1, 0.15) is 6.54 Å². The summed E-state index contributed by atoms with van der Waals surface area (Å²) in [5.74, 6) is -0.210. The lowest BCUT2D eigenvalue weighted by molar-refractivity contribution is -0.158. The van der Waals surface area contributed by atoms with Crippen molar-refractivity contribution >= 4 is 11.8 Å². The molecule has 0 aliphatic carbocycles. The van der Waals surface area contributed by atoms with Crippen molar-refractivity contribution in [1.29, 1.82) is 0 Å². The molecule has 0 bridgehead atoms. The standard InChI is InChI=1S/C15H24F3N3O2/c1-3-11-8-20(10(2)22)6-4-12(11)19-13-5-7-21(14(13)23)9-15(16,17)18/h11-13,19H,3-9H2,1-2H3/t11-,12+,13-/m1/s1. The molecule has 0 spiro atoms.